The van der Waals surface area contributed by atoms with Gasteiger partial charge in [0.25, 0.3) is 0 Å². The fraction of sp³-hybridized carbons (Fsp3) is 0.571. The summed E-state index contributed by atoms with van der Waals surface area (Å²) in [5.74, 6) is 0.178. The van der Waals surface area contributed by atoms with Gasteiger partial charge in [0, 0.05) is 13.1 Å². The number of morpholine rings is 1. The van der Waals surface area contributed by atoms with E-state index in [1.165, 1.54) is 13.4 Å². The predicted octanol–water partition coefficient (Wildman–Crippen LogP) is 0.403. The van der Waals surface area contributed by atoms with Gasteiger partial charge in [0.15, 0.2) is 0 Å². The van der Waals surface area contributed by atoms with Crippen LogP contribution in [0.5, 0.6) is 0 Å². The maximum absolute atomic E-state index is 12.2. The Balaban J connectivity index is 1.82. The largest absolute Gasteiger partial charge is 0.467 e. The van der Waals surface area contributed by atoms with Crippen molar-refractivity contribution < 1.29 is 23.5 Å². The quantitative estimate of drug-likeness (QED) is 0.792. The molecule has 0 bridgehead atoms. The molecule has 0 spiro atoms. The van der Waals surface area contributed by atoms with Crippen LogP contribution in [0.2, 0.25) is 0 Å². The minimum atomic E-state index is -0.442. The molecule has 21 heavy (non-hydrogen) atoms. The molecule has 1 aromatic rings. The van der Waals surface area contributed by atoms with Crippen molar-refractivity contribution in [1.29, 1.82) is 0 Å². The van der Waals surface area contributed by atoms with E-state index < -0.39 is 5.97 Å². The lowest BCUT2D eigenvalue weighted by molar-refractivity contribution is -0.137. The van der Waals surface area contributed by atoms with E-state index in [4.69, 9.17) is 9.15 Å². The van der Waals surface area contributed by atoms with E-state index in [9.17, 15) is 9.59 Å². The standard InChI is InChI=1S/C14H20N2O5/c1-10(13(17)16-3-5-20-6-4-16)15-8-12-7-11(9-21-12)14(18)19-2/h7,9-10,15H,3-6,8H2,1-2H3. The normalized spacial score (nSPS) is 16.6. The van der Waals surface area contributed by atoms with Crippen LogP contribution in [0.1, 0.15) is 23.0 Å². The number of rotatable bonds is 5. The summed E-state index contributed by atoms with van der Waals surface area (Å²) in [4.78, 5) is 25.3. The summed E-state index contributed by atoms with van der Waals surface area (Å²) in [6.45, 7) is 4.59. The molecule has 7 nitrogen and oxygen atoms in total. The van der Waals surface area contributed by atoms with Crippen molar-refractivity contribution in [3.05, 3.63) is 23.7 Å². The summed E-state index contributed by atoms with van der Waals surface area (Å²) in [6, 6.07) is 1.28. The minimum Gasteiger partial charge on any atom is -0.467 e. The summed E-state index contributed by atoms with van der Waals surface area (Å²) in [6.07, 6.45) is 1.34. The van der Waals surface area contributed by atoms with Crippen LogP contribution in [0, 0.1) is 0 Å². The van der Waals surface area contributed by atoms with E-state index in [1.807, 2.05) is 6.92 Å². The van der Waals surface area contributed by atoms with Crippen LogP contribution >= 0.6 is 0 Å². The lowest BCUT2D eigenvalue weighted by Gasteiger charge is -2.29. The van der Waals surface area contributed by atoms with Gasteiger partial charge < -0.3 is 18.8 Å². The van der Waals surface area contributed by atoms with Crippen molar-refractivity contribution >= 4 is 11.9 Å². The van der Waals surface area contributed by atoms with Crippen LogP contribution in [0.15, 0.2) is 16.7 Å². The number of carbonyl (C=O) groups is 2. The second kappa shape index (κ2) is 7.24. The number of carbonyl (C=O) groups excluding carboxylic acids is 2. The highest BCUT2D eigenvalue weighted by molar-refractivity contribution is 5.89. The van der Waals surface area contributed by atoms with Gasteiger partial charge in [-0.05, 0) is 13.0 Å². The second-order valence-corrected chi connectivity index (χ2v) is 4.83. The zero-order valence-electron chi connectivity index (χ0n) is 12.3. The first-order valence-electron chi connectivity index (χ1n) is 6.87. The Labute approximate surface area is 123 Å². The van der Waals surface area contributed by atoms with Crippen molar-refractivity contribution in [3.8, 4) is 0 Å². The molecule has 1 aliphatic heterocycles. The summed E-state index contributed by atoms with van der Waals surface area (Å²) in [7, 11) is 1.32. The highest BCUT2D eigenvalue weighted by Crippen LogP contribution is 2.09. The van der Waals surface area contributed by atoms with Gasteiger partial charge in [0.2, 0.25) is 5.91 Å². The number of esters is 1. The van der Waals surface area contributed by atoms with Crippen molar-refractivity contribution in [2.24, 2.45) is 0 Å². The van der Waals surface area contributed by atoms with Gasteiger partial charge in [-0.25, -0.2) is 4.79 Å². The van der Waals surface area contributed by atoms with Crippen LogP contribution in [-0.4, -0.2) is 56.2 Å². The fourth-order valence-electron chi connectivity index (χ4n) is 2.10. The van der Waals surface area contributed by atoms with Crippen LogP contribution < -0.4 is 5.32 Å². The third-order valence-corrected chi connectivity index (χ3v) is 3.35. The molecule has 0 aromatic carbocycles. The molecule has 0 radical (unpaired) electrons. The molecular weight excluding hydrogens is 276 g/mol. The third kappa shape index (κ3) is 4.05. The maximum Gasteiger partial charge on any atom is 0.341 e. The molecule has 1 amide bonds. The molecule has 7 heteroatoms. The van der Waals surface area contributed by atoms with E-state index in [0.717, 1.165) is 0 Å². The minimum absolute atomic E-state index is 0.0399. The first-order chi connectivity index (χ1) is 10.1. The lowest BCUT2D eigenvalue weighted by Crippen LogP contribution is -2.49. The number of methoxy groups -OCH3 is 1. The average molecular weight is 296 g/mol. The average Bonchev–Trinajstić information content (AvgIpc) is 3.01. The Hall–Kier alpha value is -1.86. The molecule has 2 rings (SSSR count). The Bertz CT molecular complexity index is 493. The van der Waals surface area contributed by atoms with Crippen LogP contribution in [0.4, 0.5) is 0 Å². The van der Waals surface area contributed by atoms with E-state index in [-0.39, 0.29) is 11.9 Å². The zero-order chi connectivity index (χ0) is 15.2. The molecule has 1 unspecified atom stereocenters. The van der Waals surface area contributed by atoms with E-state index >= 15 is 0 Å². The van der Waals surface area contributed by atoms with Crippen molar-refractivity contribution in [3.63, 3.8) is 0 Å². The SMILES string of the molecule is COC(=O)c1coc(CNC(C)C(=O)N2CCOCC2)c1. The molecule has 0 saturated carbocycles. The monoisotopic (exact) mass is 296 g/mol. The van der Waals surface area contributed by atoms with Gasteiger partial charge in [0.1, 0.15) is 12.0 Å². The van der Waals surface area contributed by atoms with Crippen molar-refractivity contribution in [2.75, 3.05) is 33.4 Å². The maximum atomic E-state index is 12.2. The number of nitrogens with one attached hydrogen (secondary N) is 1. The summed E-state index contributed by atoms with van der Waals surface area (Å²) >= 11 is 0. The van der Waals surface area contributed by atoms with Gasteiger partial charge in [-0.1, -0.05) is 0 Å². The summed E-state index contributed by atoms with van der Waals surface area (Å²) in [5.41, 5.74) is 0.362. The van der Waals surface area contributed by atoms with E-state index in [2.05, 4.69) is 10.1 Å². The molecule has 1 fully saturated rings. The van der Waals surface area contributed by atoms with Gasteiger partial charge in [-0.15, -0.1) is 0 Å². The van der Waals surface area contributed by atoms with E-state index in [0.29, 0.717) is 44.2 Å². The van der Waals surface area contributed by atoms with Crippen molar-refractivity contribution in [1.82, 2.24) is 10.2 Å². The number of ether oxygens (including phenoxy) is 2. The zero-order valence-corrected chi connectivity index (χ0v) is 12.3. The third-order valence-electron chi connectivity index (χ3n) is 3.35. The highest BCUT2D eigenvalue weighted by atomic mass is 16.5. The number of hydrogen-bond acceptors (Lipinski definition) is 6. The molecule has 0 aliphatic carbocycles. The first kappa shape index (κ1) is 15.5. The molecule has 2 heterocycles. The lowest BCUT2D eigenvalue weighted by atomic mass is 10.2. The first-order valence-corrected chi connectivity index (χ1v) is 6.87. The van der Waals surface area contributed by atoms with Gasteiger partial charge in [-0.3, -0.25) is 10.1 Å². The molecule has 1 aliphatic rings. The smallest absolute Gasteiger partial charge is 0.341 e. The van der Waals surface area contributed by atoms with Crippen LogP contribution in [0.3, 0.4) is 0 Å². The molecule has 116 valence electrons. The predicted molar refractivity (Wildman–Crippen MR) is 73.7 cm³/mol. The number of furan rings is 1. The van der Waals surface area contributed by atoms with Crippen molar-refractivity contribution in [2.45, 2.75) is 19.5 Å². The van der Waals surface area contributed by atoms with Gasteiger partial charge in [-0.2, -0.15) is 0 Å². The second-order valence-electron chi connectivity index (χ2n) is 4.83. The highest BCUT2D eigenvalue weighted by Gasteiger charge is 2.22. The topological polar surface area (TPSA) is 81.0 Å². The Morgan fingerprint density at radius 3 is 2.81 bits per heavy atom. The molecule has 1 atom stereocenters. The molecule has 1 aromatic heterocycles. The van der Waals surface area contributed by atoms with Crippen LogP contribution in [-0.2, 0) is 20.8 Å². The number of nitrogens with zero attached hydrogens (tertiary/aromatic N) is 1. The van der Waals surface area contributed by atoms with E-state index in [1.54, 1.807) is 11.0 Å². The number of hydrogen-bond donors (Lipinski definition) is 1. The Morgan fingerprint density at radius 2 is 2.14 bits per heavy atom. The summed E-state index contributed by atoms with van der Waals surface area (Å²) in [5, 5.41) is 3.09. The Kier molecular flexibility index (Phi) is 5.35. The van der Waals surface area contributed by atoms with Gasteiger partial charge in [0.05, 0.1) is 38.5 Å². The van der Waals surface area contributed by atoms with Crippen LogP contribution in [0.25, 0.3) is 0 Å². The molecule has 1 N–H and O–H groups in total. The fourth-order valence-corrected chi connectivity index (χ4v) is 2.10. The Morgan fingerprint density at radius 1 is 1.43 bits per heavy atom. The molecule has 1 saturated heterocycles. The number of amides is 1. The molecular formula is C14H20N2O5. The van der Waals surface area contributed by atoms with Gasteiger partial charge >= 0.3 is 5.97 Å². The summed E-state index contributed by atoms with van der Waals surface area (Å²) < 4.78 is 15.1.